The first kappa shape index (κ1) is 13.4. The normalized spacial score (nSPS) is 11.5. The van der Waals surface area contributed by atoms with E-state index in [0.29, 0.717) is 22.7 Å². The fraction of sp³-hybridized carbons (Fsp3) is 0.250. The van der Waals surface area contributed by atoms with Gasteiger partial charge in [0.2, 0.25) is 10.0 Å². The van der Waals surface area contributed by atoms with Gasteiger partial charge >= 0.3 is 0 Å². The van der Waals surface area contributed by atoms with Gasteiger partial charge in [0.05, 0.1) is 5.69 Å². The maximum atomic E-state index is 11.9. The summed E-state index contributed by atoms with van der Waals surface area (Å²) < 4.78 is 31.0. The van der Waals surface area contributed by atoms with Crippen LogP contribution in [0.3, 0.4) is 0 Å². The van der Waals surface area contributed by atoms with Crippen LogP contribution in [0.5, 0.6) is 5.75 Å². The quantitative estimate of drug-likeness (QED) is 0.894. The van der Waals surface area contributed by atoms with Crippen molar-refractivity contribution < 1.29 is 18.0 Å². The Kier molecular flexibility index (Phi) is 3.48. The Morgan fingerprint density at radius 2 is 2.05 bits per heavy atom. The van der Waals surface area contributed by atoms with Gasteiger partial charge in [-0.3, -0.25) is 4.72 Å². The molecule has 7 heteroatoms. The molecule has 0 aliphatic heterocycles. The van der Waals surface area contributed by atoms with Gasteiger partial charge in [0.1, 0.15) is 23.0 Å². The standard InChI is InChI=1S/C12H14N2O4S/c1-8-3-4-10(6-12(8)15)14-19(16,17)7-11-5-9(2)18-13-11/h3-6,14-15H,7H2,1-2H3. The van der Waals surface area contributed by atoms with E-state index in [1.165, 1.54) is 6.07 Å². The Labute approximate surface area is 111 Å². The third kappa shape index (κ3) is 3.47. The number of phenols is 1. The van der Waals surface area contributed by atoms with Crippen molar-refractivity contribution in [2.24, 2.45) is 0 Å². The van der Waals surface area contributed by atoms with Crippen molar-refractivity contribution in [3.63, 3.8) is 0 Å². The predicted octanol–water partition coefficient (Wildman–Crippen LogP) is 1.94. The highest BCUT2D eigenvalue weighted by molar-refractivity contribution is 7.91. The van der Waals surface area contributed by atoms with Gasteiger partial charge in [-0.15, -0.1) is 0 Å². The third-order valence-electron chi connectivity index (χ3n) is 2.50. The van der Waals surface area contributed by atoms with E-state index in [-0.39, 0.29) is 11.5 Å². The van der Waals surface area contributed by atoms with Crippen LogP contribution in [0.2, 0.25) is 0 Å². The number of aromatic hydroxyl groups is 1. The molecular formula is C12H14N2O4S. The van der Waals surface area contributed by atoms with Crippen LogP contribution in [-0.2, 0) is 15.8 Å². The summed E-state index contributed by atoms with van der Waals surface area (Å²) in [6.45, 7) is 3.42. The molecule has 0 atom stereocenters. The lowest BCUT2D eigenvalue weighted by Crippen LogP contribution is -2.15. The number of benzene rings is 1. The maximum absolute atomic E-state index is 11.9. The van der Waals surface area contributed by atoms with Crippen LogP contribution in [0.25, 0.3) is 0 Å². The van der Waals surface area contributed by atoms with Crippen LogP contribution in [0.1, 0.15) is 17.0 Å². The highest BCUT2D eigenvalue weighted by Gasteiger charge is 2.15. The molecule has 0 saturated heterocycles. The SMILES string of the molecule is Cc1cc(CS(=O)(=O)Nc2ccc(C)c(O)c2)no1. The lowest BCUT2D eigenvalue weighted by Gasteiger charge is -2.07. The fourth-order valence-corrected chi connectivity index (χ4v) is 2.65. The van der Waals surface area contributed by atoms with Crippen LogP contribution in [0, 0.1) is 13.8 Å². The van der Waals surface area contributed by atoms with Crippen molar-refractivity contribution in [3.8, 4) is 5.75 Å². The van der Waals surface area contributed by atoms with Gasteiger partial charge in [-0.25, -0.2) is 8.42 Å². The smallest absolute Gasteiger partial charge is 0.238 e. The molecule has 0 saturated carbocycles. The molecule has 2 rings (SSSR count). The van der Waals surface area contributed by atoms with E-state index in [1.54, 1.807) is 32.0 Å². The second-order valence-electron chi connectivity index (χ2n) is 4.29. The summed E-state index contributed by atoms with van der Waals surface area (Å²) in [6.07, 6.45) is 0. The summed E-state index contributed by atoms with van der Waals surface area (Å²) in [4.78, 5) is 0. The first-order chi connectivity index (χ1) is 8.85. The van der Waals surface area contributed by atoms with Crippen molar-refractivity contribution in [3.05, 3.63) is 41.3 Å². The number of sulfonamides is 1. The zero-order valence-corrected chi connectivity index (χ0v) is 11.4. The summed E-state index contributed by atoms with van der Waals surface area (Å²) in [7, 11) is -3.59. The van der Waals surface area contributed by atoms with Crippen LogP contribution < -0.4 is 4.72 Å². The fourth-order valence-electron chi connectivity index (χ4n) is 1.57. The number of aryl methyl sites for hydroxylation is 2. The number of hydrogen-bond donors (Lipinski definition) is 2. The van der Waals surface area contributed by atoms with E-state index < -0.39 is 10.0 Å². The number of nitrogens with one attached hydrogen (secondary N) is 1. The molecule has 19 heavy (non-hydrogen) atoms. The second-order valence-corrected chi connectivity index (χ2v) is 6.01. The van der Waals surface area contributed by atoms with E-state index >= 15 is 0 Å². The summed E-state index contributed by atoms with van der Waals surface area (Å²) in [5.41, 5.74) is 1.32. The number of phenolic OH excluding ortho intramolecular Hbond substituents is 1. The lowest BCUT2D eigenvalue weighted by atomic mass is 10.2. The largest absolute Gasteiger partial charge is 0.508 e. The van der Waals surface area contributed by atoms with E-state index in [9.17, 15) is 13.5 Å². The molecule has 0 unspecified atom stereocenters. The van der Waals surface area contributed by atoms with Crippen molar-refractivity contribution in [2.75, 3.05) is 4.72 Å². The minimum Gasteiger partial charge on any atom is -0.508 e. The molecule has 2 N–H and O–H groups in total. The summed E-state index contributed by atoms with van der Waals surface area (Å²) in [5.74, 6) is 0.314. The number of nitrogens with zero attached hydrogens (tertiary/aromatic N) is 1. The summed E-state index contributed by atoms with van der Waals surface area (Å²) >= 11 is 0. The minimum atomic E-state index is -3.59. The Hall–Kier alpha value is -2.02. The van der Waals surface area contributed by atoms with Gasteiger partial charge in [-0.2, -0.15) is 0 Å². The van der Waals surface area contributed by atoms with Gasteiger partial charge in [0, 0.05) is 12.1 Å². The molecule has 6 nitrogen and oxygen atoms in total. The van der Waals surface area contributed by atoms with Crippen molar-refractivity contribution in [1.82, 2.24) is 5.16 Å². The molecule has 0 fully saturated rings. The van der Waals surface area contributed by atoms with E-state index in [2.05, 4.69) is 9.88 Å². The topological polar surface area (TPSA) is 92.4 Å². The van der Waals surface area contributed by atoms with Crippen LogP contribution >= 0.6 is 0 Å². The molecule has 1 aromatic heterocycles. The van der Waals surface area contributed by atoms with Gasteiger partial charge in [-0.05, 0) is 25.5 Å². The first-order valence-electron chi connectivity index (χ1n) is 5.58. The van der Waals surface area contributed by atoms with Crippen LogP contribution in [-0.4, -0.2) is 18.7 Å². The zero-order chi connectivity index (χ0) is 14.0. The highest BCUT2D eigenvalue weighted by atomic mass is 32.2. The monoisotopic (exact) mass is 282 g/mol. The van der Waals surface area contributed by atoms with E-state index in [4.69, 9.17) is 4.52 Å². The van der Waals surface area contributed by atoms with Gasteiger partial charge in [0.15, 0.2) is 0 Å². The third-order valence-corrected chi connectivity index (χ3v) is 3.72. The molecule has 0 amide bonds. The Bertz CT molecular complexity index is 692. The first-order valence-corrected chi connectivity index (χ1v) is 7.23. The highest BCUT2D eigenvalue weighted by Crippen LogP contribution is 2.22. The predicted molar refractivity (Wildman–Crippen MR) is 70.3 cm³/mol. The molecule has 0 bridgehead atoms. The average Bonchev–Trinajstić information content (AvgIpc) is 2.68. The molecule has 0 radical (unpaired) electrons. The van der Waals surface area contributed by atoms with Crippen LogP contribution in [0.4, 0.5) is 5.69 Å². The van der Waals surface area contributed by atoms with Crippen LogP contribution in [0.15, 0.2) is 28.8 Å². The zero-order valence-electron chi connectivity index (χ0n) is 10.5. The Morgan fingerprint density at radius 3 is 2.63 bits per heavy atom. The summed E-state index contributed by atoms with van der Waals surface area (Å²) in [5, 5.41) is 13.2. The molecule has 1 heterocycles. The van der Waals surface area contributed by atoms with Crippen molar-refractivity contribution in [2.45, 2.75) is 19.6 Å². The second kappa shape index (κ2) is 4.93. The molecule has 0 aliphatic carbocycles. The van der Waals surface area contributed by atoms with E-state index in [0.717, 1.165) is 0 Å². The Balaban J connectivity index is 2.14. The number of rotatable bonds is 4. The minimum absolute atomic E-state index is 0.0393. The molecule has 2 aromatic rings. The lowest BCUT2D eigenvalue weighted by molar-refractivity contribution is 0.392. The maximum Gasteiger partial charge on any atom is 0.238 e. The number of aromatic nitrogens is 1. The number of hydrogen-bond acceptors (Lipinski definition) is 5. The molecule has 0 aliphatic rings. The number of anilines is 1. The van der Waals surface area contributed by atoms with E-state index in [1.807, 2.05) is 0 Å². The van der Waals surface area contributed by atoms with Crippen molar-refractivity contribution in [1.29, 1.82) is 0 Å². The van der Waals surface area contributed by atoms with Gasteiger partial charge < -0.3 is 9.63 Å². The van der Waals surface area contributed by atoms with Gasteiger partial charge in [0.25, 0.3) is 0 Å². The molecule has 1 aromatic carbocycles. The van der Waals surface area contributed by atoms with Gasteiger partial charge in [-0.1, -0.05) is 11.2 Å². The molecule has 0 spiro atoms. The molecular weight excluding hydrogens is 268 g/mol. The molecule has 102 valence electrons. The Morgan fingerprint density at radius 1 is 1.32 bits per heavy atom. The average molecular weight is 282 g/mol. The summed E-state index contributed by atoms with van der Waals surface area (Å²) in [6, 6.07) is 6.14. The van der Waals surface area contributed by atoms with Crippen molar-refractivity contribution >= 4 is 15.7 Å².